The average molecular weight is 733 g/mol. The molecule has 0 radical (unpaired) electrons. The maximum absolute atomic E-state index is 13.6. The van der Waals surface area contributed by atoms with Crippen molar-refractivity contribution < 1.29 is 33.5 Å². The lowest BCUT2D eigenvalue weighted by molar-refractivity contribution is -0.158. The first kappa shape index (κ1) is 36.2. The second kappa shape index (κ2) is 13.7. The summed E-state index contributed by atoms with van der Waals surface area (Å²) in [5.74, 6) is -2.56. The Hall–Kier alpha value is -4.06. The van der Waals surface area contributed by atoms with E-state index in [9.17, 15) is 24.0 Å². The number of hydrogen-bond acceptors (Lipinski definition) is 15. The zero-order chi connectivity index (χ0) is 36.0. The van der Waals surface area contributed by atoms with Crippen LogP contribution in [0.15, 0.2) is 27.8 Å². The first-order chi connectivity index (χ1) is 23.0. The minimum absolute atomic E-state index is 0.0391. The Labute approximate surface area is 296 Å². The predicted octanol–water partition coefficient (Wildman–Crippen LogP) is 2.58. The number of esters is 1. The summed E-state index contributed by atoms with van der Waals surface area (Å²) in [5.41, 5.74) is 6.84. The number of β-lactam (4-membered cyclic amide) rings is 1. The number of hydrazone groups is 1. The number of Topliss-reactive ketones (excluding diaryl/α,β-unsaturated/α-hetero) is 2. The van der Waals surface area contributed by atoms with Crippen molar-refractivity contribution in [3.8, 4) is 0 Å². The molecule has 0 bridgehead atoms. The van der Waals surface area contributed by atoms with Gasteiger partial charge in [-0.05, 0) is 58.7 Å². The Bertz CT molecular complexity index is 1800. The van der Waals surface area contributed by atoms with Gasteiger partial charge in [-0.3, -0.25) is 24.6 Å². The molecule has 2 fully saturated rings. The number of benzene rings is 1. The molecule has 262 valence electrons. The van der Waals surface area contributed by atoms with Crippen LogP contribution in [0.1, 0.15) is 59.4 Å². The highest BCUT2D eigenvalue weighted by Gasteiger charge is 2.66. The van der Waals surface area contributed by atoms with Gasteiger partial charge >= 0.3 is 5.97 Å². The van der Waals surface area contributed by atoms with Crippen molar-refractivity contribution >= 4 is 75.6 Å². The van der Waals surface area contributed by atoms with Crippen molar-refractivity contribution in [2.45, 2.75) is 63.8 Å². The summed E-state index contributed by atoms with van der Waals surface area (Å²) in [6, 6.07) is 3.51. The smallest absolute Gasteiger partial charge is 0.342 e. The highest BCUT2D eigenvalue weighted by Crippen LogP contribution is 2.52. The summed E-state index contributed by atoms with van der Waals surface area (Å²) in [4.78, 5) is 76.9. The summed E-state index contributed by atoms with van der Waals surface area (Å²) in [5, 5.41) is 11.8. The Morgan fingerprint density at radius 3 is 2.57 bits per heavy atom. The van der Waals surface area contributed by atoms with E-state index in [4.69, 9.17) is 21.2 Å². The third-order valence-electron chi connectivity index (χ3n) is 8.71. The normalized spacial score (nSPS) is 22.1. The molecule has 3 atom stereocenters. The van der Waals surface area contributed by atoms with Crippen LogP contribution >= 0.6 is 34.7 Å². The number of thiazole rings is 1. The molecule has 18 heteroatoms. The summed E-state index contributed by atoms with van der Waals surface area (Å²) in [6.07, 6.45) is -0.236. The lowest BCUT2D eigenvalue weighted by Gasteiger charge is -2.41. The van der Waals surface area contributed by atoms with E-state index in [0.29, 0.717) is 21.4 Å². The zero-order valence-electron chi connectivity index (χ0n) is 28.2. The van der Waals surface area contributed by atoms with E-state index >= 15 is 0 Å². The minimum Gasteiger partial charge on any atom is -0.467 e. The van der Waals surface area contributed by atoms with Crippen molar-refractivity contribution in [1.82, 2.24) is 30.9 Å². The third-order valence-corrected chi connectivity index (χ3v) is 11.7. The fourth-order valence-electron chi connectivity index (χ4n) is 5.27. The molecule has 1 aromatic carbocycles. The molecule has 1 aromatic heterocycles. The van der Waals surface area contributed by atoms with Crippen LogP contribution in [-0.2, 0) is 28.8 Å². The van der Waals surface area contributed by atoms with E-state index < -0.39 is 33.5 Å². The number of amidine groups is 1. The second-order valence-corrected chi connectivity index (χ2v) is 15.3. The number of rotatable bonds is 12. The molecular formula is C31H37ClN8O7S2. The molecule has 3 aliphatic rings. The Morgan fingerprint density at radius 2 is 1.94 bits per heavy atom. The highest BCUT2D eigenvalue weighted by atomic mass is 35.5. The number of carbonyl (C=O) groups excluding carboxylic acids is 5. The Kier molecular flexibility index (Phi) is 10.1. The average Bonchev–Trinajstić information content (AvgIpc) is 3.80. The third kappa shape index (κ3) is 6.76. The number of fused-ring (bicyclic) bond motifs is 1. The molecule has 15 nitrogen and oxygen atoms in total. The quantitative estimate of drug-likeness (QED) is 0.142. The summed E-state index contributed by atoms with van der Waals surface area (Å²) in [6.45, 7) is 9.93. The molecule has 2 aromatic rings. The first-order valence-corrected chi connectivity index (χ1v) is 17.3. The van der Waals surface area contributed by atoms with Crippen LogP contribution in [0.4, 0.5) is 0 Å². The van der Waals surface area contributed by atoms with E-state index in [1.165, 1.54) is 54.1 Å². The summed E-state index contributed by atoms with van der Waals surface area (Å²) < 4.78 is 5.17. The number of amides is 2. The molecule has 4 heterocycles. The molecular weight excluding hydrogens is 696 g/mol. The van der Waals surface area contributed by atoms with Crippen LogP contribution in [0.2, 0.25) is 5.02 Å². The number of methoxy groups -OCH3 is 1. The molecule has 2 N–H and O–H groups in total. The van der Waals surface area contributed by atoms with E-state index in [1.807, 2.05) is 19.9 Å². The van der Waals surface area contributed by atoms with Gasteiger partial charge in [0.05, 0.1) is 47.1 Å². The molecule has 49 heavy (non-hydrogen) atoms. The monoisotopic (exact) mass is 732 g/mol. The number of thioether (sulfide) groups is 1. The van der Waals surface area contributed by atoms with Crippen LogP contribution in [0, 0.1) is 26.7 Å². The molecule has 0 aliphatic carbocycles. The number of carbonyl (C=O) groups is 5. The number of halogens is 1. The molecule has 2 amide bonds. The number of aryl methyl sites for hydroxylation is 2. The summed E-state index contributed by atoms with van der Waals surface area (Å²) >= 11 is 8.91. The highest BCUT2D eigenvalue weighted by molar-refractivity contribution is 8.02. The SMILES string of the molecule is COC(=O)[C@@]1(N2NN=C(CN(C)C(=O)c3ccc(C)c(C)c3Cl)N2)CN2C(=O)[C@@H](CC(=O)/C(=N\OC(C)(C)C(C)=O)c3csc(C)n3)C2S1. The van der Waals surface area contributed by atoms with Gasteiger partial charge in [0, 0.05) is 18.8 Å². The number of ether oxygens (including phenoxy) is 1. The van der Waals surface area contributed by atoms with E-state index in [1.54, 1.807) is 25.4 Å². The van der Waals surface area contributed by atoms with Crippen LogP contribution in [0.25, 0.3) is 0 Å². The predicted molar refractivity (Wildman–Crippen MR) is 184 cm³/mol. The van der Waals surface area contributed by atoms with Gasteiger partial charge in [0.1, 0.15) is 5.69 Å². The number of nitrogens with zero attached hydrogens (tertiary/aromatic N) is 6. The Balaban J connectivity index is 1.29. The van der Waals surface area contributed by atoms with Crippen molar-refractivity contribution in [2.24, 2.45) is 16.2 Å². The van der Waals surface area contributed by atoms with Crippen LogP contribution < -0.4 is 11.0 Å². The van der Waals surface area contributed by atoms with Crippen LogP contribution in [0.3, 0.4) is 0 Å². The molecule has 0 saturated carbocycles. The van der Waals surface area contributed by atoms with Gasteiger partial charge in [0.15, 0.2) is 28.7 Å². The van der Waals surface area contributed by atoms with Crippen molar-refractivity contribution in [2.75, 3.05) is 27.2 Å². The number of likely N-dealkylation sites (N-methyl/N-ethyl adjacent to an activating group) is 1. The van der Waals surface area contributed by atoms with Crippen LogP contribution in [-0.4, -0.2) is 104 Å². The van der Waals surface area contributed by atoms with Gasteiger partial charge in [-0.2, -0.15) is 0 Å². The largest absolute Gasteiger partial charge is 0.467 e. The van der Waals surface area contributed by atoms with Crippen molar-refractivity contribution in [3.63, 3.8) is 0 Å². The Morgan fingerprint density at radius 1 is 1.22 bits per heavy atom. The molecule has 3 aliphatic heterocycles. The fourth-order valence-corrected chi connectivity index (χ4v) is 7.82. The number of aromatic nitrogens is 1. The molecule has 0 spiro atoms. The van der Waals surface area contributed by atoms with E-state index in [-0.39, 0.29) is 48.5 Å². The molecule has 5 rings (SSSR count). The second-order valence-electron chi connectivity index (χ2n) is 12.5. The number of oxime groups is 1. The minimum atomic E-state index is -1.49. The van der Waals surface area contributed by atoms with Crippen molar-refractivity contribution in [1.29, 1.82) is 0 Å². The maximum Gasteiger partial charge on any atom is 0.342 e. The topological polar surface area (TPSA) is 175 Å². The van der Waals surface area contributed by atoms with Gasteiger partial charge in [-0.15, -0.1) is 16.4 Å². The first-order valence-electron chi connectivity index (χ1n) is 15.2. The summed E-state index contributed by atoms with van der Waals surface area (Å²) in [7, 11) is 2.84. The molecule has 1 unspecified atom stereocenters. The van der Waals surface area contributed by atoms with Gasteiger partial charge in [0.2, 0.25) is 10.8 Å². The molecule has 2 saturated heterocycles. The van der Waals surface area contributed by atoms with Gasteiger partial charge in [-0.25, -0.2) is 15.3 Å². The van der Waals surface area contributed by atoms with Crippen LogP contribution in [0.5, 0.6) is 0 Å². The lowest BCUT2D eigenvalue weighted by atomic mass is 9.90. The van der Waals surface area contributed by atoms with Gasteiger partial charge in [-0.1, -0.05) is 39.7 Å². The lowest BCUT2D eigenvalue weighted by Crippen LogP contribution is -2.63. The zero-order valence-corrected chi connectivity index (χ0v) is 30.6. The van der Waals surface area contributed by atoms with Gasteiger partial charge < -0.3 is 19.4 Å². The maximum atomic E-state index is 13.6. The standard InChI is InChI=1S/C31H37ClN8O7S2/c1-15-9-10-19(24(32)16(15)2)26(43)38(7)12-23-34-37-40(35-23)31(29(45)46-8)14-39-27(44)20(28(39)49-31)11-22(42)25(21-13-48-18(4)33-21)36-47-30(5,6)17(3)41/h9-10,13,20,28,37H,11-12,14H2,1-8H3,(H,34,35)/b36-25-/t20-,28?,31-/m1/s1. The number of ketones is 2. The van der Waals surface area contributed by atoms with E-state index in [2.05, 4.69) is 26.2 Å². The van der Waals surface area contributed by atoms with E-state index in [0.717, 1.165) is 22.9 Å². The van der Waals surface area contributed by atoms with Gasteiger partial charge in [0.25, 0.3) is 5.91 Å². The van der Waals surface area contributed by atoms with Crippen molar-refractivity contribution in [3.05, 3.63) is 49.9 Å². The fraction of sp³-hybridized carbons (Fsp3) is 0.484. The number of nitrogens with one attached hydrogen (secondary N) is 2. The number of hydrazine groups is 2. The number of hydrogen-bond donors (Lipinski definition) is 2.